The van der Waals surface area contributed by atoms with Crippen LogP contribution >= 0.6 is 0 Å². The molecule has 0 aliphatic carbocycles. The molecule has 3 fully saturated rings. The predicted octanol–water partition coefficient (Wildman–Crippen LogP) is 0.362. The molecule has 0 amide bonds. The Hall–Kier alpha value is -0.280. The molecule has 3 aliphatic rings. The normalized spacial score (nSPS) is 47.5. The van der Waals surface area contributed by atoms with Gasteiger partial charge in [0.2, 0.25) is 0 Å². The molecular formula is C12H21NO6. The predicted molar refractivity (Wildman–Crippen MR) is 62.3 cm³/mol. The summed E-state index contributed by atoms with van der Waals surface area (Å²) in [4.78, 5) is 0. The fourth-order valence-corrected chi connectivity index (χ4v) is 2.91. The van der Waals surface area contributed by atoms with E-state index in [1.54, 1.807) is 0 Å². The Morgan fingerprint density at radius 1 is 0.947 bits per heavy atom. The summed E-state index contributed by atoms with van der Waals surface area (Å²) in [7, 11) is 0. The van der Waals surface area contributed by atoms with Gasteiger partial charge in [-0.2, -0.15) is 5.48 Å². The van der Waals surface area contributed by atoms with E-state index in [0.717, 1.165) is 0 Å². The molecule has 7 heteroatoms. The van der Waals surface area contributed by atoms with Gasteiger partial charge in [-0.15, -0.1) is 0 Å². The minimum Gasteiger partial charge on any atom is -0.350 e. The number of hydrogen-bond acceptors (Lipinski definition) is 7. The standard InChI is InChI=1S/C12H21NO6/c1-11(2)15-5-6(17-11)7-8-9(10(13-14)16-7)19-12(3,4)18-8/h6-10,13-14H,5H2,1-4H3. The van der Waals surface area contributed by atoms with E-state index in [1.165, 1.54) is 0 Å². The minimum absolute atomic E-state index is 0.238. The molecule has 0 aromatic heterocycles. The van der Waals surface area contributed by atoms with E-state index < -0.39 is 17.8 Å². The van der Waals surface area contributed by atoms with Gasteiger partial charge in [-0.3, -0.25) is 0 Å². The molecule has 19 heavy (non-hydrogen) atoms. The second kappa shape index (κ2) is 4.36. The summed E-state index contributed by atoms with van der Waals surface area (Å²) in [6.07, 6.45) is -1.85. The van der Waals surface area contributed by atoms with Gasteiger partial charge in [-0.05, 0) is 27.7 Å². The second-order valence-electron chi connectivity index (χ2n) is 6.08. The van der Waals surface area contributed by atoms with Gasteiger partial charge in [0.15, 0.2) is 17.8 Å². The third-order valence-corrected chi connectivity index (χ3v) is 3.61. The van der Waals surface area contributed by atoms with Crippen molar-refractivity contribution < 1.29 is 28.9 Å². The van der Waals surface area contributed by atoms with Crippen LogP contribution in [0.15, 0.2) is 0 Å². The number of fused-ring (bicyclic) bond motifs is 1. The van der Waals surface area contributed by atoms with Crippen molar-refractivity contribution in [3.05, 3.63) is 0 Å². The molecule has 3 saturated heterocycles. The molecular weight excluding hydrogens is 254 g/mol. The van der Waals surface area contributed by atoms with Gasteiger partial charge in [0, 0.05) is 0 Å². The van der Waals surface area contributed by atoms with E-state index in [2.05, 4.69) is 5.48 Å². The first-order valence-corrected chi connectivity index (χ1v) is 6.54. The average molecular weight is 275 g/mol. The molecule has 0 radical (unpaired) electrons. The van der Waals surface area contributed by atoms with Gasteiger partial charge in [0.25, 0.3) is 0 Å². The van der Waals surface area contributed by atoms with Crippen molar-refractivity contribution in [3.8, 4) is 0 Å². The Balaban J connectivity index is 1.76. The average Bonchev–Trinajstić information content (AvgIpc) is 2.89. The van der Waals surface area contributed by atoms with Crippen molar-refractivity contribution in [2.24, 2.45) is 0 Å². The topological polar surface area (TPSA) is 78.4 Å². The highest BCUT2D eigenvalue weighted by atomic mass is 16.8. The maximum atomic E-state index is 9.16. The molecule has 3 aliphatic heterocycles. The Bertz CT molecular complexity index is 360. The van der Waals surface area contributed by atoms with Gasteiger partial charge in [0.05, 0.1) is 6.61 Å². The zero-order valence-corrected chi connectivity index (χ0v) is 11.6. The minimum atomic E-state index is -0.693. The van der Waals surface area contributed by atoms with Crippen LogP contribution in [0.25, 0.3) is 0 Å². The van der Waals surface area contributed by atoms with Crippen LogP contribution < -0.4 is 5.48 Å². The maximum absolute atomic E-state index is 9.16. The maximum Gasteiger partial charge on any atom is 0.164 e. The lowest BCUT2D eigenvalue weighted by atomic mass is 10.1. The van der Waals surface area contributed by atoms with Gasteiger partial charge in [0.1, 0.15) is 24.4 Å². The molecule has 5 atom stereocenters. The van der Waals surface area contributed by atoms with Gasteiger partial charge >= 0.3 is 0 Å². The number of nitrogens with one attached hydrogen (secondary N) is 1. The highest BCUT2D eigenvalue weighted by Crippen LogP contribution is 2.41. The summed E-state index contributed by atoms with van der Waals surface area (Å²) >= 11 is 0. The Kier molecular flexibility index (Phi) is 3.14. The number of hydroxylamine groups is 1. The summed E-state index contributed by atoms with van der Waals surface area (Å²) in [6.45, 7) is 7.83. The van der Waals surface area contributed by atoms with Crippen LogP contribution in [0.1, 0.15) is 27.7 Å². The molecule has 0 spiro atoms. The van der Waals surface area contributed by atoms with Crippen molar-refractivity contribution in [2.45, 2.75) is 69.9 Å². The molecule has 7 nitrogen and oxygen atoms in total. The Morgan fingerprint density at radius 3 is 2.21 bits per heavy atom. The molecule has 3 heterocycles. The van der Waals surface area contributed by atoms with E-state index in [4.69, 9.17) is 28.9 Å². The van der Waals surface area contributed by atoms with Crippen LogP contribution in [-0.4, -0.2) is 54.0 Å². The molecule has 0 bridgehead atoms. The van der Waals surface area contributed by atoms with Crippen LogP contribution in [0.4, 0.5) is 0 Å². The third kappa shape index (κ3) is 2.40. The fraction of sp³-hybridized carbons (Fsp3) is 1.00. The summed E-state index contributed by atoms with van der Waals surface area (Å²) in [6, 6.07) is 0. The number of hydrogen-bond donors (Lipinski definition) is 2. The van der Waals surface area contributed by atoms with E-state index >= 15 is 0 Å². The van der Waals surface area contributed by atoms with Crippen molar-refractivity contribution in [3.63, 3.8) is 0 Å². The Labute approximate surface area is 112 Å². The van der Waals surface area contributed by atoms with Gasteiger partial charge < -0.3 is 28.9 Å². The summed E-state index contributed by atoms with van der Waals surface area (Å²) < 4.78 is 28.7. The lowest BCUT2D eigenvalue weighted by Crippen LogP contribution is -2.40. The lowest BCUT2D eigenvalue weighted by Gasteiger charge is -2.26. The van der Waals surface area contributed by atoms with Gasteiger partial charge in [-0.25, -0.2) is 0 Å². The number of rotatable bonds is 2. The van der Waals surface area contributed by atoms with E-state index in [9.17, 15) is 0 Å². The molecule has 0 aromatic rings. The highest BCUT2D eigenvalue weighted by molar-refractivity contribution is 5.00. The monoisotopic (exact) mass is 275 g/mol. The zero-order valence-electron chi connectivity index (χ0n) is 11.6. The Morgan fingerprint density at radius 2 is 1.63 bits per heavy atom. The quantitative estimate of drug-likeness (QED) is 0.704. The van der Waals surface area contributed by atoms with E-state index in [1.807, 2.05) is 27.7 Å². The number of ether oxygens (including phenoxy) is 5. The zero-order chi connectivity index (χ0) is 13.8. The highest BCUT2D eigenvalue weighted by Gasteiger charge is 2.58. The SMILES string of the molecule is CC1(C)OCC(C2OC(NO)C3OC(C)(C)OC23)O1. The molecule has 0 saturated carbocycles. The van der Waals surface area contributed by atoms with E-state index in [0.29, 0.717) is 6.61 Å². The first kappa shape index (κ1) is 13.7. The van der Waals surface area contributed by atoms with Crippen LogP contribution in [0, 0.1) is 0 Å². The first-order chi connectivity index (χ1) is 8.81. The van der Waals surface area contributed by atoms with Crippen LogP contribution in [-0.2, 0) is 23.7 Å². The largest absolute Gasteiger partial charge is 0.350 e. The van der Waals surface area contributed by atoms with Crippen LogP contribution in [0.3, 0.4) is 0 Å². The molecule has 110 valence electrons. The van der Waals surface area contributed by atoms with Crippen molar-refractivity contribution in [2.75, 3.05) is 6.61 Å². The van der Waals surface area contributed by atoms with Crippen LogP contribution in [0.2, 0.25) is 0 Å². The van der Waals surface area contributed by atoms with Crippen molar-refractivity contribution >= 4 is 0 Å². The summed E-state index contributed by atoms with van der Waals surface area (Å²) in [5.41, 5.74) is 2.12. The molecule has 0 aromatic carbocycles. The molecule has 2 N–H and O–H groups in total. The fourth-order valence-electron chi connectivity index (χ4n) is 2.91. The van der Waals surface area contributed by atoms with Crippen molar-refractivity contribution in [1.82, 2.24) is 5.48 Å². The van der Waals surface area contributed by atoms with E-state index in [-0.39, 0.29) is 24.4 Å². The lowest BCUT2D eigenvalue weighted by molar-refractivity contribution is -0.218. The second-order valence-corrected chi connectivity index (χ2v) is 6.08. The van der Waals surface area contributed by atoms with Crippen LogP contribution in [0.5, 0.6) is 0 Å². The summed E-state index contributed by atoms with van der Waals surface area (Å²) in [5, 5.41) is 9.16. The third-order valence-electron chi connectivity index (χ3n) is 3.61. The molecule has 3 rings (SSSR count). The first-order valence-electron chi connectivity index (χ1n) is 6.54. The van der Waals surface area contributed by atoms with Gasteiger partial charge in [-0.1, -0.05) is 0 Å². The summed E-state index contributed by atoms with van der Waals surface area (Å²) in [5.74, 6) is -1.31. The van der Waals surface area contributed by atoms with Crippen molar-refractivity contribution in [1.29, 1.82) is 0 Å². The smallest absolute Gasteiger partial charge is 0.164 e. The molecule has 5 unspecified atom stereocenters.